The molecule has 0 aliphatic carbocycles. The maximum absolute atomic E-state index is 10.3. The van der Waals surface area contributed by atoms with Crippen molar-refractivity contribution in [3.63, 3.8) is 0 Å². The Bertz CT molecular complexity index is 244. The zero-order valence-corrected chi connectivity index (χ0v) is 17.4. The zero-order valence-electron chi connectivity index (χ0n) is 9.99. The topological polar surface area (TPSA) is 80.3 Å². The normalized spacial score (nSPS) is 11.6. The molecule has 0 radical (unpaired) electrons. The van der Waals surface area contributed by atoms with Crippen LogP contribution in [0.4, 0.5) is 0 Å². The molecule has 18 heavy (non-hydrogen) atoms. The fourth-order valence-corrected chi connectivity index (χ4v) is 0.939. The van der Waals surface area contributed by atoms with Gasteiger partial charge in [0.05, 0.1) is 5.97 Å². The van der Waals surface area contributed by atoms with Crippen LogP contribution in [-0.4, -0.2) is 11.4 Å². The number of unbranched alkanes of at least 4 members (excludes halogenated alkanes) is 1. The molecule has 4 nitrogen and oxygen atoms in total. The second-order valence-corrected chi connectivity index (χ2v) is 14.4. The Morgan fingerprint density at radius 2 is 1.56 bits per heavy atom. The van der Waals surface area contributed by atoms with Gasteiger partial charge in [-0.2, -0.15) is 0 Å². The Morgan fingerprint density at radius 1 is 1.17 bits per heavy atom. The van der Waals surface area contributed by atoms with E-state index in [1.54, 1.807) is 67.8 Å². The molecule has 0 bridgehead atoms. The molecule has 8 heteroatoms. The summed E-state index contributed by atoms with van der Waals surface area (Å²) in [5.74, 6) is -2.16. The van der Waals surface area contributed by atoms with Gasteiger partial charge in [0.2, 0.25) is 0 Å². The Kier molecular flexibility index (Phi) is 18.6. The van der Waals surface area contributed by atoms with Gasteiger partial charge in [0, 0.05) is 5.97 Å². The maximum Gasteiger partial charge on any atom is 2.00 e. The van der Waals surface area contributed by atoms with E-state index in [4.69, 9.17) is 0 Å². The van der Waals surface area contributed by atoms with Crippen molar-refractivity contribution in [1.29, 1.82) is 0 Å². The zero-order chi connectivity index (χ0) is 14.1. The molecule has 0 N–H and O–H groups in total. The van der Waals surface area contributed by atoms with Gasteiger partial charge in [-0.05, 0) is 86.5 Å². The molecule has 0 spiro atoms. The Morgan fingerprint density at radius 3 is 1.72 bits per heavy atom. The number of alkyl halides is 3. The molecular formula is C10H15I3NiO4. The minimum absolute atomic E-state index is 0. The fourth-order valence-electron chi connectivity index (χ4n) is 0.939. The van der Waals surface area contributed by atoms with Gasteiger partial charge in [-0.25, -0.2) is 0 Å². The molecular weight excluding hydrogens is 624 g/mol. The first-order valence-corrected chi connectivity index (χ1v) is 8.39. The van der Waals surface area contributed by atoms with Gasteiger partial charge in [-0.1, -0.05) is 26.7 Å². The van der Waals surface area contributed by atoms with E-state index in [-0.39, 0.29) is 22.4 Å². The van der Waals surface area contributed by atoms with E-state index in [0.29, 0.717) is 6.42 Å². The average molecular weight is 639 g/mol. The standard InChI is InChI=1S/C8H16O2.C2HI3O2.Ni/c1-3-5-6-7(4-2)8(9)10;3-2(4,5)1(6)7;/h7H,3-6H2,1-2H3,(H,9,10);(H,6,7);/q;;+2/p-2. The van der Waals surface area contributed by atoms with Gasteiger partial charge in [0.1, 0.15) is 0 Å². The second kappa shape index (κ2) is 13.6. The van der Waals surface area contributed by atoms with Crippen LogP contribution < -0.4 is 10.2 Å². The summed E-state index contributed by atoms with van der Waals surface area (Å²) in [6.07, 6.45) is 3.52. The Labute approximate surface area is 159 Å². The van der Waals surface area contributed by atoms with E-state index in [9.17, 15) is 19.8 Å². The van der Waals surface area contributed by atoms with Crippen molar-refractivity contribution in [2.24, 2.45) is 5.92 Å². The third-order valence-corrected chi connectivity index (χ3v) is 3.28. The van der Waals surface area contributed by atoms with Gasteiger partial charge in [0.15, 0.2) is -0.565 Å². The van der Waals surface area contributed by atoms with Crippen LogP contribution in [-0.2, 0) is 26.1 Å². The molecule has 0 aliphatic rings. The number of carboxylic acids is 2. The van der Waals surface area contributed by atoms with Crippen LogP contribution in [0, 0.1) is 5.92 Å². The summed E-state index contributed by atoms with van der Waals surface area (Å²) in [7, 11) is 0. The van der Waals surface area contributed by atoms with Crippen molar-refractivity contribution in [1.82, 2.24) is 0 Å². The molecule has 0 saturated heterocycles. The van der Waals surface area contributed by atoms with Gasteiger partial charge < -0.3 is 19.8 Å². The third kappa shape index (κ3) is 15.7. The van der Waals surface area contributed by atoms with Crippen molar-refractivity contribution in [3.8, 4) is 0 Å². The van der Waals surface area contributed by atoms with E-state index in [1.165, 1.54) is 0 Å². The first-order valence-electron chi connectivity index (χ1n) is 5.15. The van der Waals surface area contributed by atoms with Crippen molar-refractivity contribution >= 4 is 79.7 Å². The maximum atomic E-state index is 10.3. The molecule has 0 amide bonds. The quantitative estimate of drug-likeness (QED) is 0.252. The van der Waals surface area contributed by atoms with Crippen LogP contribution in [0.2, 0.25) is 0 Å². The Hall–Kier alpha value is 1.62. The summed E-state index contributed by atoms with van der Waals surface area (Å²) in [6.45, 7) is 3.94. The number of carboxylic acid groups (broad SMARTS) is 2. The van der Waals surface area contributed by atoms with E-state index >= 15 is 0 Å². The predicted octanol–water partition coefficient (Wildman–Crippen LogP) is 1.65. The molecule has 0 aromatic heterocycles. The third-order valence-electron chi connectivity index (χ3n) is 1.96. The smallest absolute Gasteiger partial charge is 0.550 e. The number of halogens is 3. The summed E-state index contributed by atoms with van der Waals surface area (Å²) in [5, 5.41) is 20.2. The monoisotopic (exact) mass is 638 g/mol. The number of aliphatic carboxylic acids is 2. The van der Waals surface area contributed by atoms with E-state index in [0.717, 1.165) is 19.3 Å². The fraction of sp³-hybridized carbons (Fsp3) is 0.800. The molecule has 0 saturated carbocycles. The summed E-state index contributed by atoms with van der Waals surface area (Å²) in [4.78, 5) is 20.2. The molecule has 0 rings (SSSR count). The summed E-state index contributed by atoms with van der Waals surface area (Å²) in [6, 6.07) is 0. The van der Waals surface area contributed by atoms with Crippen LogP contribution in [0.1, 0.15) is 39.5 Å². The van der Waals surface area contributed by atoms with Gasteiger partial charge >= 0.3 is 16.5 Å². The molecule has 110 valence electrons. The van der Waals surface area contributed by atoms with Crippen molar-refractivity contribution < 1.29 is 36.3 Å². The number of hydrogen-bond donors (Lipinski definition) is 0. The van der Waals surface area contributed by atoms with E-state index in [2.05, 4.69) is 6.92 Å². The van der Waals surface area contributed by atoms with Crippen molar-refractivity contribution in [2.75, 3.05) is 0 Å². The van der Waals surface area contributed by atoms with E-state index < -0.39 is 11.4 Å². The molecule has 0 aromatic carbocycles. The predicted molar refractivity (Wildman–Crippen MR) is 88.1 cm³/mol. The van der Waals surface area contributed by atoms with Crippen LogP contribution in [0.25, 0.3) is 0 Å². The molecule has 0 aliphatic heterocycles. The van der Waals surface area contributed by atoms with Gasteiger partial charge in [-0.3, -0.25) is 0 Å². The minimum atomic E-state index is -1.05. The second-order valence-electron chi connectivity index (χ2n) is 3.35. The van der Waals surface area contributed by atoms with E-state index in [1.807, 2.05) is 6.92 Å². The van der Waals surface area contributed by atoms with Crippen LogP contribution >= 0.6 is 67.8 Å². The SMILES string of the molecule is CCCCC(CC)C(=O)[O-].O=C([O-])C(I)(I)I.[Ni+2]. The first-order chi connectivity index (χ1) is 7.66. The minimum Gasteiger partial charge on any atom is -0.550 e. The largest absolute Gasteiger partial charge is 2.00 e. The Balaban J connectivity index is -0.000000251. The van der Waals surface area contributed by atoms with Crippen LogP contribution in [0.3, 0.4) is 0 Å². The van der Waals surface area contributed by atoms with Gasteiger partial charge in [-0.15, -0.1) is 0 Å². The molecule has 0 fully saturated rings. The average Bonchev–Trinajstić information content (AvgIpc) is 2.18. The molecule has 1 atom stereocenters. The van der Waals surface area contributed by atoms with Crippen LogP contribution in [0.5, 0.6) is 0 Å². The van der Waals surface area contributed by atoms with Crippen LogP contribution in [0.15, 0.2) is 0 Å². The van der Waals surface area contributed by atoms with Crippen molar-refractivity contribution in [2.45, 2.75) is 39.0 Å². The first kappa shape index (κ1) is 24.6. The summed E-state index contributed by atoms with van der Waals surface area (Å²) >= 11 is 5.33. The molecule has 1 unspecified atom stereocenters. The number of hydrogen-bond acceptors (Lipinski definition) is 4. The number of rotatable bonds is 6. The van der Waals surface area contributed by atoms with Gasteiger partial charge in [0.25, 0.3) is 0 Å². The summed E-state index contributed by atoms with van der Waals surface area (Å²) in [5.41, 5.74) is 0. The summed E-state index contributed by atoms with van der Waals surface area (Å²) < 4.78 is -0.784. The number of carbonyl (C=O) groups is 2. The molecule has 0 aromatic rings. The number of carbonyl (C=O) groups excluding carboxylic acids is 2. The van der Waals surface area contributed by atoms with Crippen molar-refractivity contribution in [3.05, 3.63) is 0 Å². The molecule has 0 heterocycles.